The number of benzene rings is 2. The number of carbonyl (C=O) groups excluding carboxylic acids is 1. The Bertz CT molecular complexity index is 1520. The van der Waals surface area contributed by atoms with E-state index >= 15 is 0 Å². The number of likely N-dealkylation sites (N-methyl/N-ethyl adjacent to an activating group) is 1. The number of piperazine rings is 1. The van der Waals surface area contributed by atoms with Crippen molar-refractivity contribution < 1.29 is 9.53 Å². The van der Waals surface area contributed by atoms with Gasteiger partial charge in [0.1, 0.15) is 12.4 Å². The van der Waals surface area contributed by atoms with E-state index in [1.54, 1.807) is 12.2 Å². The largest absolute Gasteiger partial charge is 0.462 e. The van der Waals surface area contributed by atoms with Crippen molar-refractivity contribution >= 4 is 41.7 Å². The van der Waals surface area contributed by atoms with Gasteiger partial charge in [-0.15, -0.1) is 0 Å². The first-order chi connectivity index (χ1) is 20.6. The van der Waals surface area contributed by atoms with Crippen LogP contribution in [0.15, 0.2) is 54.6 Å². The van der Waals surface area contributed by atoms with Crippen LogP contribution in [0, 0.1) is 11.3 Å². The lowest BCUT2D eigenvalue weighted by atomic mass is 10.0. The molecule has 10 heteroatoms. The van der Waals surface area contributed by atoms with Crippen molar-refractivity contribution in [3.05, 3.63) is 65.9 Å². The van der Waals surface area contributed by atoms with Crippen LogP contribution in [0.25, 0.3) is 10.8 Å². The lowest BCUT2D eigenvalue weighted by Gasteiger charge is -2.42. The molecule has 1 aromatic heterocycles. The predicted molar refractivity (Wildman–Crippen MR) is 182 cm³/mol. The molecule has 3 aromatic rings. The fourth-order valence-corrected chi connectivity index (χ4v) is 6.62. The Morgan fingerprint density at radius 1 is 1.07 bits per heavy atom. The molecule has 1 amide bonds. The zero-order chi connectivity index (χ0) is 29.1. The number of allylic oxidation sites excluding steroid dienone is 1. The Kier molecular flexibility index (Phi) is 11.1. The summed E-state index contributed by atoms with van der Waals surface area (Å²) in [5.41, 5.74) is 3.33. The highest BCUT2D eigenvalue weighted by Gasteiger charge is 2.33. The van der Waals surface area contributed by atoms with Crippen LogP contribution < -0.4 is 14.5 Å². The van der Waals surface area contributed by atoms with Crippen LogP contribution in [0.3, 0.4) is 0 Å². The monoisotopic (exact) mass is 615 g/mol. The molecule has 6 rings (SSSR count). The first-order valence-corrected chi connectivity index (χ1v) is 15.1. The normalized spacial score (nSPS) is 20.2. The van der Waals surface area contributed by atoms with E-state index in [0.29, 0.717) is 44.8 Å². The van der Waals surface area contributed by atoms with Crippen molar-refractivity contribution in [3.8, 4) is 12.1 Å². The molecule has 4 heterocycles. The molecule has 2 saturated heterocycles. The molecule has 3 aliphatic rings. The molecule has 0 radical (unpaired) electrons. The van der Waals surface area contributed by atoms with E-state index in [1.807, 2.05) is 11.8 Å². The standard InChI is InChI=1S/C33H39N7O2.CH4.H2S/c1-3-8-31(41)40-20-19-39(21-25(40)14-16-34)32-28-15-18-38(30-13-6-10-24-9-4-5-12-27(24)30)22-29(28)35-33(36-32)42-23-26-11-7-17-37(26)2;;/h3-6,8-10,12-13,25-26H,7,11,14-15,17-23H2,1-2H3;1H4;1H2/b8-3+;;/t25?,26-;;/m0../s1. The van der Waals surface area contributed by atoms with Crippen molar-refractivity contribution in [1.82, 2.24) is 19.8 Å². The van der Waals surface area contributed by atoms with Crippen LogP contribution in [0.4, 0.5) is 11.5 Å². The number of hydrogen-bond acceptors (Lipinski definition) is 8. The molecule has 0 aliphatic carbocycles. The van der Waals surface area contributed by atoms with Gasteiger partial charge in [-0.2, -0.15) is 28.7 Å². The third-order valence-electron chi connectivity index (χ3n) is 8.91. The fraction of sp³-hybridized carbons (Fsp3) is 0.471. The zero-order valence-electron chi connectivity index (χ0n) is 25.1. The van der Waals surface area contributed by atoms with Gasteiger partial charge in [0.15, 0.2) is 0 Å². The van der Waals surface area contributed by atoms with Gasteiger partial charge in [0, 0.05) is 48.9 Å². The summed E-state index contributed by atoms with van der Waals surface area (Å²) in [4.78, 5) is 31.6. The van der Waals surface area contributed by atoms with E-state index in [1.165, 1.54) is 22.9 Å². The van der Waals surface area contributed by atoms with E-state index in [-0.39, 0.29) is 39.3 Å². The minimum absolute atomic E-state index is 0. The first kappa shape index (κ1) is 33.1. The molecule has 2 atom stereocenters. The molecule has 1 unspecified atom stereocenters. The number of hydrogen-bond donors (Lipinski definition) is 0. The number of anilines is 2. The van der Waals surface area contributed by atoms with Crippen LogP contribution in [0.1, 0.15) is 44.9 Å². The van der Waals surface area contributed by atoms with Crippen molar-refractivity contribution in [2.75, 3.05) is 56.2 Å². The van der Waals surface area contributed by atoms with Gasteiger partial charge in [-0.1, -0.05) is 49.9 Å². The summed E-state index contributed by atoms with van der Waals surface area (Å²) in [6.45, 7) is 6.74. The van der Waals surface area contributed by atoms with Crippen molar-refractivity contribution in [2.45, 2.75) is 58.7 Å². The molecule has 0 N–H and O–H groups in total. The minimum Gasteiger partial charge on any atom is -0.462 e. The van der Waals surface area contributed by atoms with E-state index in [4.69, 9.17) is 14.7 Å². The predicted octanol–water partition coefficient (Wildman–Crippen LogP) is 4.92. The van der Waals surface area contributed by atoms with Crippen molar-refractivity contribution in [1.29, 1.82) is 5.26 Å². The minimum atomic E-state index is -0.203. The number of ether oxygens (including phenoxy) is 1. The summed E-state index contributed by atoms with van der Waals surface area (Å²) in [6, 6.07) is 17.8. The third-order valence-corrected chi connectivity index (χ3v) is 8.91. The number of rotatable bonds is 7. The Balaban J connectivity index is 0.00000221. The molecule has 2 aromatic carbocycles. The SMILES string of the molecule is C.C/C=C/C(=O)N1CCN(c2nc(OC[C@@H]3CCCN3C)nc3c2CCN(c2cccc4ccccc24)C3)CC1CC#N.S. The highest BCUT2D eigenvalue weighted by molar-refractivity contribution is 7.59. The summed E-state index contributed by atoms with van der Waals surface area (Å²) >= 11 is 0. The molecule has 0 saturated carbocycles. The van der Waals surface area contributed by atoms with Crippen LogP contribution >= 0.6 is 13.5 Å². The molecular weight excluding hydrogens is 570 g/mol. The van der Waals surface area contributed by atoms with E-state index in [2.05, 4.69) is 70.3 Å². The average Bonchev–Trinajstić information content (AvgIpc) is 3.43. The second-order valence-corrected chi connectivity index (χ2v) is 11.5. The fourth-order valence-electron chi connectivity index (χ4n) is 6.62. The van der Waals surface area contributed by atoms with Gasteiger partial charge < -0.3 is 24.3 Å². The molecular formula is C34H45N7O2S. The smallest absolute Gasteiger partial charge is 0.318 e. The molecule has 0 spiro atoms. The summed E-state index contributed by atoms with van der Waals surface area (Å²) in [5, 5.41) is 12.0. The quantitative estimate of drug-likeness (QED) is 0.346. The molecule has 44 heavy (non-hydrogen) atoms. The second kappa shape index (κ2) is 14.8. The highest BCUT2D eigenvalue weighted by Crippen LogP contribution is 2.35. The van der Waals surface area contributed by atoms with E-state index in [0.717, 1.165) is 43.0 Å². The van der Waals surface area contributed by atoms with Gasteiger partial charge in [0.2, 0.25) is 5.91 Å². The lowest BCUT2D eigenvalue weighted by Crippen LogP contribution is -2.55. The number of fused-ring (bicyclic) bond motifs is 2. The van der Waals surface area contributed by atoms with Crippen LogP contribution in [0.2, 0.25) is 0 Å². The Labute approximate surface area is 268 Å². The number of nitriles is 1. The third kappa shape index (κ3) is 6.79. The van der Waals surface area contributed by atoms with Crippen molar-refractivity contribution in [3.63, 3.8) is 0 Å². The van der Waals surface area contributed by atoms with Gasteiger partial charge in [0.05, 0.1) is 30.8 Å². The van der Waals surface area contributed by atoms with Gasteiger partial charge in [-0.05, 0) is 57.3 Å². The second-order valence-electron chi connectivity index (χ2n) is 11.5. The first-order valence-electron chi connectivity index (χ1n) is 15.1. The molecule has 2 fully saturated rings. The van der Waals surface area contributed by atoms with Crippen LogP contribution in [-0.4, -0.2) is 84.1 Å². The Morgan fingerprint density at radius 2 is 1.89 bits per heavy atom. The summed E-state index contributed by atoms with van der Waals surface area (Å²) in [5.74, 6) is 0.839. The molecule has 3 aliphatic heterocycles. The van der Waals surface area contributed by atoms with Gasteiger partial charge >= 0.3 is 6.01 Å². The summed E-state index contributed by atoms with van der Waals surface area (Å²) in [6.07, 6.45) is 6.71. The summed E-state index contributed by atoms with van der Waals surface area (Å²) in [7, 11) is 2.14. The van der Waals surface area contributed by atoms with Crippen molar-refractivity contribution in [2.24, 2.45) is 0 Å². The Hall–Kier alpha value is -3.81. The molecule has 234 valence electrons. The van der Waals surface area contributed by atoms with Crippen LogP contribution in [-0.2, 0) is 17.8 Å². The molecule has 9 nitrogen and oxygen atoms in total. The number of nitrogens with zero attached hydrogens (tertiary/aromatic N) is 7. The van der Waals surface area contributed by atoms with Gasteiger partial charge in [-0.3, -0.25) is 4.79 Å². The zero-order valence-corrected chi connectivity index (χ0v) is 26.1. The average molecular weight is 616 g/mol. The maximum atomic E-state index is 12.8. The Morgan fingerprint density at radius 3 is 2.66 bits per heavy atom. The lowest BCUT2D eigenvalue weighted by molar-refractivity contribution is -0.128. The maximum Gasteiger partial charge on any atom is 0.318 e. The number of aromatic nitrogens is 2. The van der Waals surface area contributed by atoms with E-state index < -0.39 is 0 Å². The molecule has 0 bridgehead atoms. The van der Waals surface area contributed by atoms with Gasteiger partial charge in [-0.25, -0.2) is 0 Å². The van der Waals surface area contributed by atoms with Gasteiger partial charge in [0.25, 0.3) is 0 Å². The summed E-state index contributed by atoms with van der Waals surface area (Å²) < 4.78 is 6.30. The van der Waals surface area contributed by atoms with Crippen LogP contribution in [0.5, 0.6) is 6.01 Å². The highest BCUT2D eigenvalue weighted by atomic mass is 32.1. The topological polar surface area (TPSA) is 88.8 Å². The van der Waals surface area contributed by atoms with E-state index in [9.17, 15) is 10.1 Å². The maximum absolute atomic E-state index is 12.8. The number of carbonyl (C=O) groups is 1. The number of amides is 1. The number of likely N-dealkylation sites (tertiary alicyclic amines) is 1.